The van der Waals surface area contributed by atoms with Gasteiger partial charge in [0.05, 0.1) is 24.3 Å². The normalized spacial score (nSPS) is 16.3. The number of esters is 1. The maximum atomic E-state index is 12.7. The van der Waals surface area contributed by atoms with Crippen LogP contribution in [0.1, 0.15) is 29.3 Å². The molecule has 2 aromatic rings. The molecular weight excluding hydrogens is 344 g/mol. The number of nitrogens with zero attached hydrogens (tertiary/aromatic N) is 1. The van der Waals surface area contributed by atoms with E-state index < -0.39 is 11.9 Å². The molecule has 27 heavy (non-hydrogen) atoms. The van der Waals surface area contributed by atoms with Crippen molar-refractivity contribution in [1.29, 1.82) is 0 Å². The molecule has 2 amide bonds. The molecule has 2 aromatic carbocycles. The van der Waals surface area contributed by atoms with Crippen molar-refractivity contribution >= 4 is 29.2 Å². The fourth-order valence-corrected chi connectivity index (χ4v) is 3.29. The quantitative estimate of drug-likeness (QED) is 0.826. The molecule has 3 rings (SSSR count). The van der Waals surface area contributed by atoms with Gasteiger partial charge >= 0.3 is 5.97 Å². The molecule has 1 N–H and O–H groups in total. The van der Waals surface area contributed by atoms with Crippen LogP contribution in [0.25, 0.3) is 0 Å². The molecule has 0 radical (unpaired) electrons. The van der Waals surface area contributed by atoms with Crippen LogP contribution in [0.3, 0.4) is 0 Å². The molecule has 1 heterocycles. The second kappa shape index (κ2) is 8.03. The van der Waals surface area contributed by atoms with Crippen LogP contribution in [0.5, 0.6) is 0 Å². The second-order valence-corrected chi connectivity index (χ2v) is 6.41. The average Bonchev–Trinajstić information content (AvgIpc) is 3.09. The third-order valence-corrected chi connectivity index (χ3v) is 4.75. The van der Waals surface area contributed by atoms with Crippen LogP contribution in [0.15, 0.2) is 48.5 Å². The largest absolute Gasteiger partial charge is 0.465 e. The Morgan fingerprint density at radius 3 is 2.59 bits per heavy atom. The summed E-state index contributed by atoms with van der Waals surface area (Å²) in [5.41, 5.74) is 2.60. The predicted octanol–water partition coefficient (Wildman–Crippen LogP) is 3.03. The smallest absolute Gasteiger partial charge is 0.339 e. The zero-order valence-electron chi connectivity index (χ0n) is 15.4. The van der Waals surface area contributed by atoms with Gasteiger partial charge in [-0.25, -0.2) is 4.79 Å². The number of rotatable bonds is 5. The van der Waals surface area contributed by atoms with Gasteiger partial charge in [-0.3, -0.25) is 9.59 Å². The highest BCUT2D eigenvalue weighted by atomic mass is 16.5. The minimum Gasteiger partial charge on any atom is -0.465 e. The van der Waals surface area contributed by atoms with Gasteiger partial charge in [0.2, 0.25) is 11.8 Å². The van der Waals surface area contributed by atoms with Crippen molar-refractivity contribution in [3.63, 3.8) is 0 Å². The van der Waals surface area contributed by atoms with Gasteiger partial charge in [0, 0.05) is 18.7 Å². The molecule has 1 unspecified atom stereocenters. The zero-order valence-corrected chi connectivity index (χ0v) is 15.4. The van der Waals surface area contributed by atoms with Gasteiger partial charge in [-0.2, -0.15) is 0 Å². The molecule has 1 fully saturated rings. The minimum atomic E-state index is -0.511. The van der Waals surface area contributed by atoms with Crippen molar-refractivity contribution in [2.24, 2.45) is 5.92 Å². The van der Waals surface area contributed by atoms with E-state index in [-0.39, 0.29) is 24.8 Å². The number of anilines is 2. The van der Waals surface area contributed by atoms with E-state index in [1.54, 1.807) is 24.3 Å². The number of nitrogens with one attached hydrogen (secondary N) is 1. The number of aryl methyl sites for hydroxylation is 1. The molecule has 0 aliphatic carbocycles. The number of ether oxygens (including phenoxy) is 1. The molecule has 0 aromatic heterocycles. The van der Waals surface area contributed by atoms with Gasteiger partial charge in [-0.1, -0.05) is 37.3 Å². The first kappa shape index (κ1) is 18.6. The first-order valence-electron chi connectivity index (χ1n) is 8.91. The molecular formula is C21H22N2O4. The Bertz CT molecular complexity index is 878. The van der Waals surface area contributed by atoms with Crippen molar-refractivity contribution in [3.05, 3.63) is 59.7 Å². The summed E-state index contributed by atoms with van der Waals surface area (Å²) < 4.78 is 4.79. The number of benzene rings is 2. The number of carbonyl (C=O) groups is 3. The highest BCUT2D eigenvalue weighted by Crippen LogP contribution is 2.29. The first-order chi connectivity index (χ1) is 13.0. The van der Waals surface area contributed by atoms with Crippen LogP contribution in [-0.4, -0.2) is 31.4 Å². The molecule has 0 spiro atoms. The van der Waals surface area contributed by atoms with Gasteiger partial charge in [0.25, 0.3) is 0 Å². The summed E-state index contributed by atoms with van der Waals surface area (Å²) in [7, 11) is 1.30. The average molecular weight is 366 g/mol. The Kier molecular flexibility index (Phi) is 5.54. The van der Waals surface area contributed by atoms with E-state index in [1.807, 2.05) is 31.2 Å². The molecule has 1 aliphatic rings. The summed E-state index contributed by atoms with van der Waals surface area (Å²) in [5.74, 6) is -1.37. The van der Waals surface area contributed by atoms with Gasteiger partial charge in [0.15, 0.2) is 0 Å². The van der Waals surface area contributed by atoms with Crippen molar-refractivity contribution in [3.8, 4) is 0 Å². The van der Waals surface area contributed by atoms with E-state index >= 15 is 0 Å². The van der Waals surface area contributed by atoms with E-state index in [0.717, 1.165) is 17.7 Å². The summed E-state index contributed by atoms with van der Waals surface area (Å²) >= 11 is 0. The summed E-state index contributed by atoms with van der Waals surface area (Å²) in [6.45, 7) is 2.25. The molecule has 140 valence electrons. The topological polar surface area (TPSA) is 75.7 Å². The van der Waals surface area contributed by atoms with Gasteiger partial charge in [-0.15, -0.1) is 0 Å². The van der Waals surface area contributed by atoms with E-state index in [2.05, 4.69) is 5.32 Å². The number of amides is 2. The van der Waals surface area contributed by atoms with Gasteiger partial charge in [0.1, 0.15) is 0 Å². The summed E-state index contributed by atoms with van der Waals surface area (Å²) in [6, 6.07) is 14.4. The lowest BCUT2D eigenvalue weighted by Crippen LogP contribution is -2.29. The van der Waals surface area contributed by atoms with E-state index in [9.17, 15) is 14.4 Å². The van der Waals surface area contributed by atoms with Crippen molar-refractivity contribution in [2.45, 2.75) is 19.8 Å². The molecule has 0 bridgehead atoms. The lowest BCUT2D eigenvalue weighted by molar-refractivity contribution is -0.122. The molecule has 6 nitrogen and oxygen atoms in total. The Balaban J connectivity index is 1.78. The fraction of sp³-hybridized carbons (Fsp3) is 0.286. The number of hydrogen-bond donors (Lipinski definition) is 1. The number of hydrogen-bond acceptors (Lipinski definition) is 4. The molecule has 6 heteroatoms. The number of carbonyl (C=O) groups excluding carboxylic acids is 3. The number of methoxy groups -OCH3 is 1. The summed E-state index contributed by atoms with van der Waals surface area (Å²) in [6.07, 6.45) is 0.911. The van der Waals surface area contributed by atoms with Crippen LogP contribution in [0, 0.1) is 5.92 Å². The lowest BCUT2D eigenvalue weighted by Gasteiger charge is -2.19. The second-order valence-electron chi connectivity index (χ2n) is 6.41. The van der Waals surface area contributed by atoms with Crippen LogP contribution in [-0.2, 0) is 20.7 Å². The van der Waals surface area contributed by atoms with Crippen LogP contribution in [0.4, 0.5) is 11.4 Å². The van der Waals surface area contributed by atoms with Crippen LogP contribution >= 0.6 is 0 Å². The zero-order chi connectivity index (χ0) is 19.4. The fourth-order valence-electron chi connectivity index (χ4n) is 3.29. The summed E-state index contributed by atoms with van der Waals surface area (Å²) in [4.78, 5) is 38.7. The minimum absolute atomic E-state index is 0.107. The van der Waals surface area contributed by atoms with E-state index in [0.29, 0.717) is 11.3 Å². The number of para-hydroxylation sites is 2. The van der Waals surface area contributed by atoms with Gasteiger partial charge in [-0.05, 0) is 30.2 Å². The Morgan fingerprint density at radius 1 is 1.15 bits per heavy atom. The monoisotopic (exact) mass is 366 g/mol. The molecule has 1 aliphatic heterocycles. The molecule has 1 saturated heterocycles. The molecule has 0 saturated carbocycles. The maximum Gasteiger partial charge on any atom is 0.339 e. The first-order valence-corrected chi connectivity index (χ1v) is 8.91. The van der Waals surface area contributed by atoms with Crippen LogP contribution in [0.2, 0.25) is 0 Å². The van der Waals surface area contributed by atoms with Crippen molar-refractivity contribution < 1.29 is 19.1 Å². The predicted molar refractivity (Wildman–Crippen MR) is 103 cm³/mol. The van der Waals surface area contributed by atoms with Gasteiger partial charge < -0.3 is 15.0 Å². The van der Waals surface area contributed by atoms with Crippen LogP contribution < -0.4 is 10.2 Å². The maximum absolute atomic E-state index is 12.7. The van der Waals surface area contributed by atoms with Crippen molar-refractivity contribution in [1.82, 2.24) is 0 Å². The van der Waals surface area contributed by atoms with E-state index in [4.69, 9.17) is 4.74 Å². The SMILES string of the molecule is CCc1ccccc1NC(=O)C1CC(=O)N(c2ccccc2C(=O)OC)C1. The Hall–Kier alpha value is -3.15. The highest BCUT2D eigenvalue weighted by molar-refractivity contribution is 6.07. The summed E-state index contributed by atoms with van der Waals surface area (Å²) in [5, 5.41) is 2.94. The Labute approximate surface area is 158 Å². The molecule has 1 atom stereocenters. The third-order valence-electron chi connectivity index (χ3n) is 4.75. The third kappa shape index (κ3) is 3.84. The Morgan fingerprint density at radius 2 is 1.85 bits per heavy atom. The standard InChI is InChI=1S/C21H22N2O4/c1-3-14-8-4-6-10-17(14)22-20(25)15-12-19(24)23(13-15)18-11-7-5-9-16(18)21(26)27-2/h4-11,15H,3,12-13H2,1-2H3,(H,22,25). The highest BCUT2D eigenvalue weighted by Gasteiger charge is 2.36. The van der Waals surface area contributed by atoms with Crippen molar-refractivity contribution in [2.75, 3.05) is 23.9 Å². The lowest BCUT2D eigenvalue weighted by atomic mass is 10.1. The van der Waals surface area contributed by atoms with E-state index in [1.165, 1.54) is 12.0 Å².